The number of nitrogens with one attached hydrogen (secondary N) is 2. The van der Waals surface area contributed by atoms with Crippen LogP contribution < -0.4 is 10.6 Å². The molecule has 0 aliphatic heterocycles. The molecule has 0 saturated heterocycles. The van der Waals surface area contributed by atoms with Gasteiger partial charge in [-0.15, -0.1) is 0 Å². The van der Waals surface area contributed by atoms with Crippen LogP contribution >= 0.6 is 12.2 Å². The highest BCUT2D eigenvalue weighted by Crippen LogP contribution is 2.04. The summed E-state index contributed by atoms with van der Waals surface area (Å²) in [4.78, 5) is 22.9. The molecule has 7 heteroatoms. The van der Waals surface area contributed by atoms with Gasteiger partial charge in [0.2, 0.25) is 5.91 Å². The lowest BCUT2D eigenvalue weighted by Gasteiger charge is -2.09. The van der Waals surface area contributed by atoms with E-state index in [-0.39, 0.29) is 30.5 Å². The van der Waals surface area contributed by atoms with Gasteiger partial charge in [-0.2, -0.15) is 0 Å². The second kappa shape index (κ2) is 9.84. The number of methoxy groups -OCH3 is 1. The first kappa shape index (κ1) is 17.1. The van der Waals surface area contributed by atoms with Gasteiger partial charge in [0, 0.05) is 19.2 Å². The Morgan fingerprint density at radius 2 is 1.86 bits per heavy atom. The molecule has 1 rings (SSSR count). The molecular weight excluding hydrogens is 292 g/mol. The monoisotopic (exact) mass is 310 g/mol. The third-order valence-electron chi connectivity index (χ3n) is 2.39. The highest BCUT2D eigenvalue weighted by Gasteiger charge is 2.09. The van der Waals surface area contributed by atoms with E-state index in [4.69, 9.17) is 21.7 Å². The Morgan fingerprint density at radius 1 is 1.14 bits per heavy atom. The summed E-state index contributed by atoms with van der Waals surface area (Å²) in [5, 5.41) is 5.56. The molecule has 21 heavy (non-hydrogen) atoms. The molecule has 1 aromatic rings. The van der Waals surface area contributed by atoms with Gasteiger partial charge in [-0.1, -0.05) is 18.2 Å². The lowest BCUT2D eigenvalue weighted by atomic mass is 10.3. The fourth-order valence-corrected chi connectivity index (χ4v) is 1.63. The lowest BCUT2D eigenvalue weighted by Crippen LogP contribution is -2.34. The zero-order chi connectivity index (χ0) is 15.5. The molecule has 0 aliphatic carbocycles. The van der Waals surface area contributed by atoms with Crippen LogP contribution in [0, 0.1) is 0 Å². The van der Waals surface area contributed by atoms with Gasteiger partial charge in [0.05, 0.1) is 13.0 Å². The van der Waals surface area contributed by atoms with Crippen molar-refractivity contribution in [3.63, 3.8) is 0 Å². The molecule has 0 spiro atoms. The number of benzene rings is 1. The quantitative estimate of drug-likeness (QED) is 0.451. The van der Waals surface area contributed by atoms with Crippen molar-refractivity contribution in [2.24, 2.45) is 0 Å². The number of carbonyl (C=O) groups is 2. The van der Waals surface area contributed by atoms with Crippen molar-refractivity contribution in [3.8, 4) is 0 Å². The van der Waals surface area contributed by atoms with Gasteiger partial charge >= 0.3 is 5.97 Å². The van der Waals surface area contributed by atoms with Crippen LogP contribution in [0.3, 0.4) is 0 Å². The Balaban J connectivity index is 2.21. The largest absolute Gasteiger partial charge is 0.463 e. The summed E-state index contributed by atoms with van der Waals surface area (Å²) >= 11 is 5.00. The zero-order valence-electron chi connectivity index (χ0n) is 11.8. The van der Waals surface area contributed by atoms with E-state index in [1.54, 1.807) is 0 Å². The fourth-order valence-electron chi connectivity index (χ4n) is 1.40. The number of ether oxygens (including phenoxy) is 2. The Morgan fingerprint density at radius 3 is 2.52 bits per heavy atom. The summed E-state index contributed by atoms with van der Waals surface area (Å²) in [5.74, 6) is -0.781. The summed E-state index contributed by atoms with van der Waals surface area (Å²) in [5.41, 5.74) is 0.779. The molecule has 114 valence electrons. The van der Waals surface area contributed by atoms with E-state index >= 15 is 0 Å². The number of amides is 1. The van der Waals surface area contributed by atoms with E-state index < -0.39 is 5.97 Å². The molecule has 6 nitrogen and oxygen atoms in total. The fraction of sp³-hybridized carbons (Fsp3) is 0.357. The van der Waals surface area contributed by atoms with Crippen LogP contribution in [0.4, 0.5) is 5.69 Å². The minimum Gasteiger partial charge on any atom is -0.463 e. The summed E-state index contributed by atoms with van der Waals surface area (Å²) < 4.78 is 9.59. The van der Waals surface area contributed by atoms with Crippen LogP contribution in [0.15, 0.2) is 30.3 Å². The maximum atomic E-state index is 11.6. The standard InChI is InChI=1S/C14H18N2O4S/c1-19-9-10-20-13(18)8-7-12(17)16-14(21)15-11-5-3-2-4-6-11/h2-6H,7-10H2,1H3,(H2,15,16,17,21). The Bertz CT molecular complexity index is 479. The lowest BCUT2D eigenvalue weighted by molar-refractivity contribution is -0.146. The highest BCUT2D eigenvalue weighted by atomic mass is 32.1. The number of hydrogen-bond acceptors (Lipinski definition) is 5. The van der Waals surface area contributed by atoms with E-state index in [1.807, 2.05) is 30.3 Å². The molecule has 1 aromatic carbocycles. The summed E-state index contributed by atoms with van der Waals surface area (Å²) in [6, 6.07) is 9.23. The molecule has 0 radical (unpaired) electrons. The summed E-state index contributed by atoms with van der Waals surface area (Å²) in [7, 11) is 1.52. The molecule has 0 heterocycles. The average molecular weight is 310 g/mol. The molecule has 2 N–H and O–H groups in total. The minimum absolute atomic E-state index is 0.00347. The number of hydrogen-bond donors (Lipinski definition) is 2. The predicted octanol–water partition coefficient (Wildman–Crippen LogP) is 1.47. The van der Waals surface area contributed by atoms with Gasteiger partial charge in [0.25, 0.3) is 0 Å². The summed E-state index contributed by atoms with van der Waals surface area (Å²) in [6.45, 7) is 0.522. The molecule has 0 saturated carbocycles. The van der Waals surface area contributed by atoms with Crippen LogP contribution in [-0.2, 0) is 19.1 Å². The van der Waals surface area contributed by atoms with Crippen LogP contribution in [0.5, 0.6) is 0 Å². The van der Waals surface area contributed by atoms with Crippen molar-refractivity contribution in [3.05, 3.63) is 30.3 Å². The van der Waals surface area contributed by atoms with Crippen molar-refractivity contribution in [1.82, 2.24) is 5.32 Å². The highest BCUT2D eigenvalue weighted by molar-refractivity contribution is 7.80. The Labute approximate surface area is 128 Å². The van der Waals surface area contributed by atoms with Crippen molar-refractivity contribution in [2.75, 3.05) is 25.6 Å². The number of thiocarbonyl (C=S) groups is 1. The third-order valence-corrected chi connectivity index (χ3v) is 2.60. The van der Waals surface area contributed by atoms with Gasteiger partial charge in [0.15, 0.2) is 5.11 Å². The molecule has 0 bridgehead atoms. The predicted molar refractivity (Wildman–Crippen MR) is 82.9 cm³/mol. The summed E-state index contributed by atoms with van der Waals surface area (Å²) in [6.07, 6.45) is 0.0198. The second-order valence-corrected chi connectivity index (χ2v) is 4.49. The second-order valence-electron chi connectivity index (χ2n) is 4.08. The van der Waals surface area contributed by atoms with Gasteiger partial charge in [-0.25, -0.2) is 0 Å². The Kier molecular flexibility index (Phi) is 8.00. The SMILES string of the molecule is COCCOC(=O)CCC(=O)NC(=S)Nc1ccccc1. The van der Waals surface area contributed by atoms with E-state index in [2.05, 4.69) is 10.6 Å². The maximum absolute atomic E-state index is 11.6. The molecule has 1 amide bonds. The van der Waals surface area contributed by atoms with Gasteiger partial charge in [-0.05, 0) is 24.4 Å². The van der Waals surface area contributed by atoms with Crippen LogP contribution in [0.1, 0.15) is 12.8 Å². The number of carbonyl (C=O) groups excluding carboxylic acids is 2. The number of esters is 1. The molecule has 0 aromatic heterocycles. The number of anilines is 1. The van der Waals surface area contributed by atoms with E-state index in [0.29, 0.717) is 6.61 Å². The minimum atomic E-state index is -0.441. The Hall–Kier alpha value is -1.99. The molecule has 0 aliphatic rings. The molecular formula is C14H18N2O4S. The number of para-hydroxylation sites is 1. The third kappa shape index (κ3) is 8.01. The van der Waals surface area contributed by atoms with E-state index in [9.17, 15) is 9.59 Å². The smallest absolute Gasteiger partial charge is 0.306 e. The topological polar surface area (TPSA) is 76.7 Å². The zero-order valence-corrected chi connectivity index (χ0v) is 12.6. The van der Waals surface area contributed by atoms with E-state index in [1.165, 1.54) is 7.11 Å². The van der Waals surface area contributed by atoms with Crippen LogP contribution in [0.25, 0.3) is 0 Å². The van der Waals surface area contributed by atoms with Gasteiger partial charge in [-0.3, -0.25) is 9.59 Å². The van der Waals surface area contributed by atoms with Gasteiger partial charge < -0.3 is 20.1 Å². The van der Waals surface area contributed by atoms with Crippen LogP contribution in [0.2, 0.25) is 0 Å². The molecule has 0 atom stereocenters. The van der Waals surface area contributed by atoms with Gasteiger partial charge in [0.1, 0.15) is 6.61 Å². The van der Waals surface area contributed by atoms with E-state index in [0.717, 1.165) is 5.69 Å². The van der Waals surface area contributed by atoms with Crippen LogP contribution in [-0.4, -0.2) is 37.3 Å². The first-order valence-corrected chi connectivity index (χ1v) is 6.83. The number of rotatable bonds is 7. The molecule has 0 fully saturated rings. The average Bonchev–Trinajstić information content (AvgIpc) is 2.46. The van der Waals surface area contributed by atoms with Crippen molar-refractivity contribution >= 4 is 34.9 Å². The van der Waals surface area contributed by atoms with Crippen molar-refractivity contribution in [1.29, 1.82) is 0 Å². The normalized spacial score (nSPS) is 9.76. The van der Waals surface area contributed by atoms with Crippen molar-refractivity contribution < 1.29 is 19.1 Å². The maximum Gasteiger partial charge on any atom is 0.306 e. The first-order valence-electron chi connectivity index (χ1n) is 6.42. The first-order chi connectivity index (χ1) is 10.1. The molecule has 0 unspecified atom stereocenters. The van der Waals surface area contributed by atoms with Crippen molar-refractivity contribution in [2.45, 2.75) is 12.8 Å².